The van der Waals surface area contributed by atoms with Crippen molar-refractivity contribution in [2.75, 3.05) is 33.9 Å². The molecular formula is C20H24FNO3. The second kappa shape index (κ2) is 8.32. The summed E-state index contributed by atoms with van der Waals surface area (Å²) in [6, 6.07) is 12.8. The van der Waals surface area contributed by atoms with Gasteiger partial charge in [0.15, 0.2) is 0 Å². The molecule has 0 saturated carbocycles. The van der Waals surface area contributed by atoms with Gasteiger partial charge >= 0.3 is 0 Å². The molecule has 1 fully saturated rings. The fourth-order valence-corrected chi connectivity index (χ4v) is 3.20. The Balaban J connectivity index is 1.63. The summed E-state index contributed by atoms with van der Waals surface area (Å²) in [6.45, 7) is 3.10. The molecule has 1 heterocycles. The number of hydrogen-bond acceptors (Lipinski definition) is 4. The molecule has 5 heteroatoms. The zero-order valence-electron chi connectivity index (χ0n) is 14.7. The molecule has 3 rings (SSSR count). The number of methoxy groups -OCH3 is 2. The molecule has 0 bridgehead atoms. The Morgan fingerprint density at radius 2 is 2.04 bits per heavy atom. The molecule has 0 spiro atoms. The molecule has 0 radical (unpaired) electrons. The van der Waals surface area contributed by atoms with Crippen LogP contribution in [0.2, 0.25) is 0 Å². The quantitative estimate of drug-likeness (QED) is 0.804. The van der Waals surface area contributed by atoms with Crippen LogP contribution in [-0.2, 0) is 17.7 Å². The topological polar surface area (TPSA) is 30.9 Å². The van der Waals surface area contributed by atoms with Gasteiger partial charge in [0.05, 0.1) is 26.9 Å². The van der Waals surface area contributed by atoms with Crippen molar-refractivity contribution in [2.45, 2.75) is 19.1 Å². The Kier molecular flexibility index (Phi) is 5.89. The Morgan fingerprint density at radius 1 is 1.16 bits per heavy atom. The van der Waals surface area contributed by atoms with E-state index in [2.05, 4.69) is 11.0 Å². The van der Waals surface area contributed by atoms with Crippen molar-refractivity contribution in [2.24, 2.45) is 0 Å². The molecule has 25 heavy (non-hydrogen) atoms. The maximum absolute atomic E-state index is 13.4. The lowest BCUT2D eigenvalue weighted by Gasteiger charge is -2.33. The van der Waals surface area contributed by atoms with Gasteiger partial charge in [-0.1, -0.05) is 18.2 Å². The Labute approximate surface area is 148 Å². The highest BCUT2D eigenvalue weighted by Gasteiger charge is 2.22. The SMILES string of the molecule is COc1cccc(C[C@@H]2CN(Cc3ccc(F)cc3OC)CCO2)c1. The van der Waals surface area contributed by atoms with E-state index in [-0.39, 0.29) is 11.9 Å². The lowest BCUT2D eigenvalue weighted by Crippen LogP contribution is -2.42. The minimum Gasteiger partial charge on any atom is -0.497 e. The largest absolute Gasteiger partial charge is 0.497 e. The van der Waals surface area contributed by atoms with Gasteiger partial charge in [-0.15, -0.1) is 0 Å². The number of nitrogens with zero attached hydrogens (tertiary/aromatic N) is 1. The second-order valence-electron chi connectivity index (χ2n) is 6.24. The molecule has 0 N–H and O–H groups in total. The Bertz CT molecular complexity index is 707. The average Bonchev–Trinajstić information content (AvgIpc) is 2.63. The summed E-state index contributed by atoms with van der Waals surface area (Å²) in [5.41, 5.74) is 2.19. The van der Waals surface area contributed by atoms with Gasteiger partial charge in [-0.05, 0) is 23.8 Å². The fraction of sp³-hybridized carbons (Fsp3) is 0.400. The highest BCUT2D eigenvalue weighted by Crippen LogP contribution is 2.23. The molecule has 2 aromatic carbocycles. The first kappa shape index (κ1) is 17.7. The average molecular weight is 345 g/mol. The monoisotopic (exact) mass is 345 g/mol. The highest BCUT2D eigenvalue weighted by atomic mass is 19.1. The van der Waals surface area contributed by atoms with Crippen molar-refractivity contribution in [3.63, 3.8) is 0 Å². The maximum Gasteiger partial charge on any atom is 0.126 e. The summed E-state index contributed by atoms with van der Waals surface area (Å²) in [4.78, 5) is 2.32. The standard InChI is InChI=1S/C20H24FNO3/c1-23-18-5-3-4-15(10-18)11-19-14-22(8-9-25-19)13-16-6-7-17(21)12-20(16)24-2/h3-7,10,12,19H,8-9,11,13-14H2,1-2H3/t19-/m1/s1. The van der Waals surface area contributed by atoms with Crippen LogP contribution < -0.4 is 9.47 Å². The van der Waals surface area contributed by atoms with Crippen molar-refractivity contribution < 1.29 is 18.6 Å². The lowest BCUT2D eigenvalue weighted by atomic mass is 10.1. The van der Waals surface area contributed by atoms with Crippen LogP contribution >= 0.6 is 0 Å². The molecule has 0 aromatic heterocycles. The van der Waals surface area contributed by atoms with E-state index < -0.39 is 0 Å². The molecule has 0 amide bonds. The zero-order chi connectivity index (χ0) is 17.6. The van der Waals surface area contributed by atoms with E-state index in [1.54, 1.807) is 20.3 Å². The van der Waals surface area contributed by atoms with E-state index in [0.29, 0.717) is 12.4 Å². The van der Waals surface area contributed by atoms with Crippen LogP contribution in [0, 0.1) is 5.82 Å². The third-order valence-corrected chi connectivity index (χ3v) is 4.46. The molecule has 4 nitrogen and oxygen atoms in total. The van der Waals surface area contributed by atoms with E-state index in [1.807, 2.05) is 18.2 Å². The van der Waals surface area contributed by atoms with E-state index >= 15 is 0 Å². The molecule has 2 aromatic rings. The van der Waals surface area contributed by atoms with Crippen molar-refractivity contribution in [3.8, 4) is 11.5 Å². The molecular weight excluding hydrogens is 321 g/mol. The van der Waals surface area contributed by atoms with Gasteiger partial charge in [-0.2, -0.15) is 0 Å². The molecule has 134 valence electrons. The molecule has 1 aliphatic heterocycles. The maximum atomic E-state index is 13.4. The van der Waals surface area contributed by atoms with Crippen LogP contribution in [0.1, 0.15) is 11.1 Å². The molecule has 1 saturated heterocycles. The van der Waals surface area contributed by atoms with Crippen molar-refractivity contribution in [1.82, 2.24) is 4.90 Å². The van der Waals surface area contributed by atoms with E-state index in [1.165, 1.54) is 17.7 Å². The van der Waals surface area contributed by atoms with Gasteiger partial charge in [0.25, 0.3) is 0 Å². The molecule has 0 unspecified atom stereocenters. The third-order valence-electron chi connectivity index (χ3n) is 4.46. The molecule has 0 aliphatic carbocycles. The molecule has 1 aliphatic rings. The van der Waals surface area contributed by atoms with E-state index in [9.17, 15) is 4.39 Å². The van der Waals surface area contributed by atoms with Crippen LogP contribution in [-0.4, -0.2) is 44.9 Å². The van der Waals surface area contributed by atoms with Gasteiger partial charge in [0, 0.05) is 37.7 Å². The fourth-order valence-electron chi connectivity index (χ4n) is 3.20. The number of ether oxygens (including phenoxy) is 3. The van der Waals surface area contributed by atoms with E-state index in [0.717, 1.165) is 37.4 Å². The Morgan fingerprint density at radius 3 is 2.84 bits per heavy atom. The summed E-state index contributed by atoms with van der Waals surface area (Å²) in [7, 11) is 3.25. The molecule has 1 atom stereocenters. The van der Waals surface area contributed by atoms with Crippen LogP contribution in [0.25, 0.3) is 0 Å². The summed E-state index contributed by atoms with van der Waals surface area (Å²) < 4.78 is 29.9. The van der Waals surface area contributed by atoms with Crippen molar-refractivity contribution >= 4 is 0 Å². The smallest absolute Gasteiger partial charge is 0.126 e. The minimum atomic E-state index is -0.279. The highest BCUT2D eigenvalue weighted by molar-refractivity contribution is 5.34. The summed E-state index contributed by atoms with van der Waals surface area (Å²) in [5, 5.41) is 0. The second-order valence-corrected chi connectivity index (χ2v) is 6.24. The van der Waals surface area contributed by atoms with Gasteiger partial charge in [-0.3, -0.25) is 4.90 Å². The van der Waals surface area contributed by atoms with Gasteiger partial charge in [0.1, 0.15) is 17.3 Å². The number of rotatable bonds is 6. The van der Waals surface area contributed by atoms with Crippen LogP contribution in [0.15, 0.2) is 42.5 Å². The van der Waals surface area contributed by atoms with Gasteiger partial charge < -0.3 is 14.2 Å². The van der Waals surface area contributed by atoms with Crippen LogP contribution in [0.4, 0.5) is 4.39 Å². The normalized spacial score (nSPS) is 18.1. The van der Waals surface area contributed by atoms with E-state index in [4.69, 9.17) is 14.2 Å². The van der Waals surface area contributed by atoms with Gasteiger partial charge in [0.2, 0.25) is 0 Å². The van der Waals surface area contributed by atoms with Crippen LogP contribution in [0.3, 0.4) is 0 Å². The predicted octanol–water partition coefficient (Wildman–Crippen LogP) is 3.29. The Hall–Kier alpha value is -2.11. The first-order valence-corrected chi connectivity index (χ1v) is 8.47. The predicted molar refractivity (Wildman–Crippen MR) is 94.7 cm³/mol. The summed E-state index contributed by atoms with van der Waals surface area (Å²) >= 11 is 0. The zero-order valence-corrected chi connectivity index (χ0v) is 14.7. The van der Waals surface area contributed by atoms with Crippen LogP contribution in [0.5, 0.6) is 11.5 Å². The first-order valence-electron chi connectivity index (χ1n) is 8.47. The summed E-state index contributed by atoms with van der Waals surface area (Å²) in [5.74, 6) is 1.18. The number of morpholine rings is 1. The third kappa shape index (κ3) is 4.71. The first-order chi connectivity index (χ1) is 12.2. The van der Waals surface area contributed by atoms with Gasteiger partial charge in [-0.25, -0.2) is 4.39 Å². The minimum absolute atomic E-state index is 0.132. The van der Waals surface area contributed by atoms with Crippen molar-refractivity contribution in [1.29, 1.82) is 0 Å². The number of halogens is 1. The lowest BCUT2D eigenvalue weighted by molar-refractivity contribution is -0.0306. The summed E-state index contributed by atoms with van der Waals surface area (Å²) in [6.07, 6.45) is 0.973. The number of benzene rings is 2. The van der Waals surface area contributed by atoms with Crippen molar-refractivity contribution in [3.05, 3.63) is 59.4 Å². The number of hydrogen-bond donors (Lipinski definition) is 0.